The Morgan fingerprint density at radius 3 is 2.67 bits per heavy atom. The Bertz CT molecular complexity index is 582. The number of hydrogen-bond acceptors (Lipinski definition) is 4. The summed E-state index contributed by atoms with van der Waals surface area (Å²) in [6.07, 6.45) is 2.85. The molecule has 0 aliphatic heterocycles. The zero-order valence-electron chi connectivity index (χ0n) is 12.0. The lowest BCUT2D eigenvalue weighted by molar-refractivity contribution is 0.113. The molecule has 1 heterocycles. The molecule has 2 N–H and O–H groups in total. The van der Waals surface area contributed by atoms with E-state index in [4.69, 9.17) is 11.6 Å². The number of halogens is 1. The summed E-state index contributed by atoms with van der Waals surface area (Å²) in [5.41, 5.74) is -0.0188. The molecule has 114 valence electrons. The molecule has 0 amide bonds. The second-order valence-corrected chi connectivity index (χ2v) is 5.62. The Balaban J connectivity index is 2.36. The number of rotatable bonds is 7. The number of aromatic nitrogens is 3. The summed E-state index contributed by atoms with van der Waals surface area (Å²) in [4.78, 5) is 4.26. The van der Waals surface area contributed by atoms with Crippen LogP contribution >= 0.6 is 11.6 Å². The van der Waals surface area contributed by atoms with Crippen molar-refractivity contribution in [2.75, 3.05) is 13.2 Å². The van der Waals surface area contributed by atoms with Gasteiger partial charge in [-0.15, -0.1) is 0 Å². The Hall–Kier alpha value is -1.43. The fourth-order valence-corrected chi connectivity index (χ4v) is 2.58. The molecule has 5 nitrogen and oxygen atoms in total. The number of benzene rings is 1. The molecule has 21 heavy (non-hydrogen) atoms. The molecule has 0 aliphatic carbocycles. The van der Waals surface area contributed by atoms with Gasteiger partial charge in [-0.1, -0.05) is 30.7 Å². The number of aliphatic hydroxyl groups excluding tert-OH is 2. The van der Waals surface area contributed by atoms with Crippen LogP contribution in [0.3, 0.4) is 0 Å². The van der Waals surface area contributed by atoms with Gasteiger partial charge in [0.15, 0.2) is 0 Å². The smallest absolute Gasteiger partial charge is 0.138 e. The van der Waals surface area contributed by atoms with E-state index in [-0.39, 0.29) is 13.2 Å². The van der Waals surface area contributed by atoms with Gasteiger partial charge in [0, 0.05) is 23.4 Å². The lowest BCUT2D eigenvalue weighted by Crippen LogP contribution is -2.38. The number of aliphatic hydroxyl groups is 2. The maximum atomic E-state index is 9.88. The molecule has 1 aromatic carbocycles. The van der Waals surface area contributed by atoms with Gasteiger partial charge in [0.25, 0.3) is 0 Å². The lowest BCUT2D eigenvalue weighted by Gasteiger charge is -2.30. The first kappa shape index (κ1) is 15.9. The monoisotopic (exact) mass is 309 g/mol. The summed E-state index contributed by atoms with van der Waals surface area (Å²) in [7, 11) is 0. The largest absolute Gasteiger partial charge is 0.395 e. The lowest BCUT2D eigenvalue weighted by atomic mass is 9.78. The van der Waals surface area contributed by atoms with E-state index in [0.717, 1.165) is 24.4 Å². The zero-order valence-corrected chi connectivity index (χ0v) is 12.8. The van der Waals surface area contributed by atoms with Crippen LogP contribution in [0.2, 0.25) is 5.02 Å². The summed E-state index contributed by atoms with van der Waals surface area (Å²) in [6.45, 7) is 2.44. The minimum absolute atomic E-state index is 0.192. The Labute approximate surface area is 129 Å². The fourth-order valence-electron chi connectivity index (χ4n) is 2.39. The minimum atomic E-state index is -0.816. The molecule has 0 saturated carbocycles. The average molecular weight is 310 g/mol. The van der Waals surface area contributed by atoms with Gasteiger partial charge in [-0.05, 0) is 24.1 Å². The molecule has 0 aliphatic rings. The van der Waals surface area contributed by atoms with Crippen LogP contribution in [0.1, 0.15) is 24.7 Å². The molecule has 6 heteroatoms. The van der Waals surface area contributed by atoms with E-state index in [2.05, 4.69) is 17.0 Å². The van der Waals surface area contributed by atoms with E-state index in [1.54, 1.807) is 12.1 Å². The summed E-state index contributed by atoms with van der Waals surface area (Å²) in [5, 5.41) is 24.5. The Kier molecular flexibility index (Phi) is 5.33. The highest BCUT2D eigenvalue weighted by molar-refractivity contribution is 6.30. The molecule has 0 saturated heterocycles. The van der Waals surface area contributed by atoms with E-state index >= 15 is 0 Å². The fraction of sp³-hybridized carbons (Fsp3) is 0.467. The molecular weight excluding hydrogens is 290 g/mol. The Morgan fingerprint density at radius 2 is 2.05 bits per heavy atom. The van der Waals surface area contributed by atoms with Gasteiger partial charge in [-0.3, -0.25) is 4.68 Å². The van der Waals surface area contributed by atoms with Gasteiger partial charge in [-0.2, -0.15) is 5.10 Å². The van der Waals surface area contributed by atoms with Crippen LogP contribution in [-0.2, 0) is 18.4 Å². The van der Waals surface area contributed by atoms with Crippen LogP contribution in [0.5, 0.6) is 0 Å². The van der Waals surface area contributed by atoms with E-state index in [1.807, 2.05) is 16.8 Å². The topological polar surface area (TPSA) is 71.2 Å². The van der Waals surface area contributed by atoms with Gasteiger partial charge >= 0.3 is 0 Å². The first-order chi connectivity index (χ1) is 10.1. The maximum absolute atomic E-state index is 9.88. The van der Waals surface area contributed by atoms with Crippen LogP contribution in [0, 0.1) is 0 Å². The van der Waals surface area contributed by atoms with Gasteiger partial charge in [0.05, 0.1) is 13.2 Å². The standard InChI is InChI=1S/C15H20ClN3O2/c1-2-6-19-14(17-11-18-19)8-15(9-20,10-21)12-4-3-5-13(16)7-12/h3-5,7,11,20-21H,2,6,8-10H2,1H3. The number of aryl methyl sites for hydroxylation is 1. The van der Waals surface area contributed by atoms with Crippen LogP contribution < -0.4 is 0 Å². The third kappa shape index (κ3) is 3.43. The predicted molar refractivity (Wildman–Crippen MR) is 81.3 cm³/mol. The number of hydrogen-bond donors (Lipinski definition) is 2. The third-order valence-electron chi connectivity index (χ3n) is 3.67. The molecule has 0 atom stereocenters. The van der Waals surface area contributed by atoms with Gasteiger partial charge < -0.3 is 10.2 Å². The van der Waals surface area contributed by atoms with E-state index in [9.17, 15) is 10.2 Å². The highest BCUT2D eigenvalue weighted by atomic mass is 35.5. The molecule has 0 fully saturated rings. The van der Waals surface area contributed by atoms with Crippen LogP contribution in [-0.4, -0.2) is 38.2 Å². The zero-order chi connectivity index (χ0) is 15.3. The third-order valence-corrected chi connectivity index (χ3v) is 3.91. The normalized spacial score (nSPS) is 11.8. The first-order valence-electron chi connectivity index (χ1n) is 6.99. The van der Waals surface area contributed by atoms with E-state index < -0.39 is 5.41 Å². The van der Waals surface area contributed by atoms with Gasteiger partial charge in [0.2, 0.25) is 0 Å². The SMILES string of the molecule is CCCn1ncnc1CC(CO)(CO)c1cccc(Cl)c1. The second-order valence-electron chi connectivity index (χ2n) is 5.18. The van der Waals surface area contributed by atoms with Crippen LogP contribution in [0.4, 0.5) is 0 Å². The molecule has 0 spiro atoms. The molecule has 2 aromatic rings. The van der Waals surface area contributed by atoms with Gasteiger partial charge in [0.1, 0.15) is 12.2 Å². The van der Waals surface area contributed by atoms with Gasteiger partial charge in [-0.25, -0.2) is 4.98 Å². The molecule has 0 radical (unpaired) electrons. The quantitative estimate of drug-likeness (QED) is 0.818. The van der Waals surface area contributed by atoms with Crippen molar-refractivity contribution in [1.82, 2.24) is 14.8 Å². The summed E-state index contributed by atoms with van der Waals surface area (Å²) >= 11 is 6.03. The second kappa shape index (κ2) is 7.02. The maximum Gasteiger partial charge on any atom is 0.138 e. The van der Waals surface area contributed by atoms with Crippen LogP contribution in [0.15, 0.2) is 30.6 Å². The van der Waals surface area contributed by atoms with Crippen molar-refractivity contribution >= 4 is 11.6 Å². The number of nitrogens with zero attached hydrogens (tertiary/aromatic N) is 3. The van der Waals surface area contributed by atoms with E-state index in [1.165, 1.54) is 6.33 Å². The van der Waals surface area contributed by atoms with Crippen molar-refractivity contribution in [2.24, 2.45) is 0 Å². The first-order valence-corrected chi connectivity index (χ1v) is 7.37. The average Bonchev–Trinajstić information content (AvgIpc) is 2.92. The molecule has 0 bridgehead atoms. The van der Waals surface area contributed by atoms with Crippen molar-refractivity contribution in [2.45, 2.75) is 31.7 Å². The molecule has 1 aromatic heterocycles. The molecular formula is C15H20ClN3O2. The summed E-state index contributed by atoms with van der Waals surface area (Å²) in [5.74, 6) is 0.750. The summed E-state index contributed by atoms with van der Waals surface area (Å²) in [6, 6.07) is 7.21. The van der Waals surface area contributed by atoms with Crippen molar-refractivity contribution in [3.05, 3.63) is 47.0 Å². The predicted octanol–water partition coefficient (Wildman–Crippen LogP) is 1.81. The molecule has 0 unspecified atom stereocenters. The van der Waals surface area contributed by atoms with Crippen molar-refractivity contribution in [3.8, 4) is 0 Å². The van der Waals surface area contributed by atoms with Crippen molar-refractivity contribution < 1.29 is 10.2 Å². The van der Waals surface area contributed by atoms with Crippen LogP contribution in [0.25, 0.3) is 0 Å². The highest BCUT2D eigenvalue weighted by Crippen LogP contribution is 2.29. The van der Waals surface area contributed by atoms with Crippen molar-refractivity contribution in [1.29, 1.82) is 0 Å². The summed E-state index contributed by atoms with van der Waals surface area (Å²) < 4.78 is 1.81. The highest BCUT2D eigenvalue weighted by Gasteiger charge is 2.33. The Morgan fingerprint density at radius 1 is 1.29 bits per heavy atom. The van der Waals surface area contributed by atoms with E-state index in [0.29, 0.717) is 11.4 Å². The minimum Gasteiger partial charge on any atom is -0.395 e. The molecule has 2 rings (SSSR count). The van der Waals surface area contributed by atoms with Crippen molar-refractivity contribution in [3.63, 3.8) is 0 Å².